The Morgan fingerprint density at radius 3 is 3.14 bits per heavy atom. The number of hydrogen-bond acceptors (Lipinski definition) is 5. The van der Waals surface area contributed by atoms with Crippen LogP contribution < -0.4 is 20.1 Å². The van der Waals surface area contributed by atoms with Crippen LogP contribution in [0.5, 0.6) is 11.5 Å². The van der Waals surface area contributed by atoms with Gasteiger partial charge in [0.1, 0.15) is 6.04 Å². The summed E-state index contributed by atoms with van der Waals surface area (Å²) in [6, 6.07) is 5.84. The molecule has 1 fully saturated rings. The van der Waals surface area contributed by atoms with Crippen molar-refractivity contribution in [3.63, 3.8) is 0 Å². The van der Waals surface area contributed by atoms with Gasteiger partial charge in [0.2, 0.25) is 12.7 Å². The Labute approximate surface area is 124 Å². The van der Waals surface area contributed by atoms with Crippen LogP contribution in [0.4, 0.5) is 0 Å². The van der Waals surface area contributed by atoms with Crippen molar-refractivity contribution in [3.05, 3.63) is 23.8 Å². The maximum Gasteiger partial charge on any atom is 0.238 e. The molecule has 1 unspecified atom stereocenters. The van der Waals surface area contributed by atoms with Crippen molar-refractivity contribution in [2.45, 2.75) is 19.5 Å². The summed E-state index contributed by atoms with van der Waals surface area (Å²) in [5.74, 6) is 1.67. The zero-order chi connectivity index (χ0) is 14.7. The normalized spacial score (nSPS) is 21.3. The molecule has 2 aliphatic rings. The average molecular weight is 291 g/mol. The number of amides is 1. The number of benzene rings is 1. The van der Waals surface area contributed by atoms with Crippen molar-refractivity contribution in [2.75, 3.05) is 33.0 Å². The third-order valence-corrected chi connectivity index (χ3v) is 3.83. The Bertz CT molecular complexity index is 521. The Morgan fingerprint density at radius 1 is 1.43 bits per heavy atom. The van der Waals surface area contributed by atoms with Crippen LogP contribution in [-0.2, 0) is 11.3 Å². The van der Waals surface area contributed by atoms with E-state index < -0.39 is 0 Å². The molecule has 0 bridgehead atoms. The number of nitrogens with zero attached hydrogens (tertiary/aromatic N) is 1. The van der Waals surface area contributed by atoms with Gasteiger partial charge in [-0.1, -0.05) is 6.07 Å². The summed E-state index contributed by atoms with van der Waals surface area (Å²) in [5, 5.41) is 6.19. The van der Waals surface area contributed by atoms with Crippen LogP contribution in [0.15, 0.2) is 18.2 Å². The minimum Gasteiger partial charge on any atom is -0.454 e. The van der Waals surface area contributed by atoms with Gasteiger partial charge in [-0.25, -0.2) is 0 Å². The topological polar surface area (TPSA) is 62.8 Å². The summed E-state index contributed by atoms with van der Waals surface area (Å²) >= 11 is 0. The van der Waals surface area contributed by atoms with E-state index in [2.05, 4.69) is 15.5 Å². The van der Waals surface area contributed by atoms with Gasteiger partial charge in [0.25, 0.3) is 0 Å². The number of carbonyl (C=O) groups is 1. The van der Waals surface area contributed by atoms with Gasteiger partial charge in [-0.15, -0.1) is 0 Å². The van der Waals surface area contributed by atoms with E-state index >= 15 is 0 Å². The van der Waals surface area contributed by atoms with Crippen LogP contribution in [0.1, 0.15) is 12.5 Å². The first kappa shape index (κ1) is 14.2. The SMILES string of the molecule is CCNC(=O)C1CNCCN1Cc1ccc2c(c1)OCO2. The molecule has 2 N–H and O–H groups in total. The molecule has 2 heterocycles. The summed E-state index contributed by atoms with van der Waals surface area (Å²) < 4.78 is 10.7. The predicted molar refractivity (Wildman–Crippen MR) is 78.3 cm³/mol. The molecule has 3 rings (SSSR count). The highest BCUT2D eigenvalue weighted by Crippen LogP contribution is 2.32. The lowest BCUT2D eigenvalue weighted by Gasteiger charge is -2.35. The highest BCUT2D eigenvalue weighted by atomic mass is 16.7. The van der Waals surface area contributed by atoms with Gasteiger partial charge < -0.3 is 20.1 Å². The molecule has 1 atom stereocenters. The lowest BCUT2D eigenvalue weighted by atomic mass is 10.1. The van der Waals surface area contributed by atoms with E-state index in [1.807, 2.05) is 25.1 Å². The van der Waals surface area contributed by atoms with Gasteiger partial charge in [0, 0.05) is 32.7 Å². The third-order valence-electron chi connectivity index (χ3n) is 3.83. The molecule has 0 spiro atoms. The summed E-state index contributed by atoms with van der Waals surface area (Å²) in [6.45, 7) is 6.07. The molecule has 114 valence electrons. The second-order valence-corrected chi connectivity index (χ2v) is 5.27. The van der Waals surface area contributed by atoms with Gasteiger partial charge in [0.15, 0.2) is 11.5 Å². The number of hydrogen-bond donors (Lipinski definition) is 2. The number of ether oxygens (including phenoxy) is 2. The molecule has 1 saturated heterocycles. The van der Waals surface area contributed by atoms with Crippen molar-refractivity contribution < 1.29 is 14.3 Å². The first-order chi connectivity index (χ1) is 10.3. The highest BCUT2D eigenvalue weighted by molar-refractivity contribution is 5.82. The van der Waals surface area contributed by atoms with E-state index in [4.69, 9.17) is 9.47 Å². The molecule has 2 aliphatic heterocycles. The van der Waals surface area contributed by atoms with Crippen molar-refractivity contribution in [2.24, 2.45) is 0 Å². The molecule has 0 saturated carbocycles. The van der Waals surface area contributed by atoms with Crippen molar-refractivity contribution in [1.29, 1.82) is 0 Å². The Kier molecular flexibility index (Phi) is 4.26. The van der Waals surface area contributed by atoms with Crippen LogP contribution in [0.25, 0.3) is 0 Å². The molecule has 1 aromatic rings. The highest BCUT2D eigenvalue weighted by Gasteiger charge is 2.28. The van der Waals surface area contributed by atoms with Gasteiger partial charge >= 0.3 is 0 Å². The fraction of sp³-hybridized carbons (Fsp3) is 0.533. The quantitative estimate of drug-likeness (QED) is 0.837. The Balaban J connectivity index is 1.70. The number of rotatable bonds is 4. The molecule has 0 radical (unpaired) electrons. The predicted octanol–water partition coefficient (Wildman–Crippen LogP) is 0.325. The molecule has 6 heteroatoms. The molecule has 21 heavy (non-hydrogen) atoms. The minimum absolute atomic E-state index is 0.0884. The molecule has 1 aromatic carbocycles. The standard InChI is InChI=1S/C15H21N3O3/c1-2-17-15(19)12-8-16-5-6-18(12)9-11-3-4-13-14(7-11)21-10-20-13/h3-4,7,12,16H,2,5-6,8-10H2,1H3,(H,17,19). The van der Waals surface area contributed by atoms with Crippen LogP contribution in [0.3, 0.4) is 0 Å². The Hall–Kier alpha value is -1.79. The second kappa shape index (κ2) is 6.32. The van der Waals surface area contributed by atoms with E-state index in [-0.39, 0.29) is 18.7 Å². The maximum absolute atomic E-state index is 12.1. The number of carbonyl (C=O) groups excluding carboxylic acids is 1. The van der Waals surface area contributed by atoms with Crippen LogP contribution in [-0.4, -0.2) is 49.8 Å². The number of fused-ring (bicyclic) bond motifs is 1. The van der Waals surface area contributed by atoms with Crippen molar-refractivity contribution >= 4 is 5.91 Å². The van der Waals surface area contributed by atoms with Gasteiger partial charge in [-0.2, -0.15) is 0 Å². The molecule has 6 nitrogen and oxygen atoms in total. The largest absolute Gasteiger partial charge is 0.454 e. The first-order valence-corrected chi connectivity index (χ1v) is 7.39. The van der Waals surface area contributed by atoms with Crippen LogP contribution in [0, 0.1) is 0 Å². The zero-order valence-electron chi connectivity index (χ0n) is 12.2. The van der Waals surface area contributed by atoms with Gasteiger partial charge in [-0.3, -0.25) is 9.69 Å². The lowest BCUT2D eigenvalue weighted by Crippen LogP contribution is -2.57. The first-order valence-electron chi connectivity index (χ1n) is 7.39. The monoisotopic (exact) mass is 291 g/mol. The molecule has 0 aliphatic carbocycles. The smallest absolute Gasteiger partial charge is 0.238 e. The summed E-state index contributed by atoms with van der Waals surface area (Å²) in [5.41, 5.74) is 1.13. The lowest BCUT2D eigenvalue weighted by molar-refractivity contribution is -0.127. The summed E-state index contributed by atoms with van der Waals surface area (Å²) in [6.07, 6.45) is 0. The molecule has 0 aromatic heterocycles. The summed E-state index contributed by atoms with van der Waals surface area (Å²) in [4.78, 5) is 14.4. The van der Waals surface area contributed by atoms with Crippen LogP contribution >= 0.6 is 0 Å². The fourth-order valence-corrected chi connectivity index (χ4v) is 2.76. The van der Waals surface area contributed by atoms with E-state index in [0.717, 1.165) is 36.7 Å². The van der Waals surface area contributed by atoms with E-state index in [0.29, 0.717) is 13.1 Å². The van der Waals surface area contributed by atoms with E-state index in [1.54, 1.807) is 0 Å². The Morgan fingerprint density at radius 2 is 2.29 bits per heavy atom. The minimum atomic E-state index is -0.121. The fourth-order valence-electron chi connectivity index (χ4n) is 2.76. The molecular weight excluding hydrogens is 270 g/mol. The summed E-state index contributed by atoms with van der Waals surface area (Å²) in [7, 11) is 0. The zero-order valence-corrected chi connectivity index (χ0v) is 12.2. The molecular formula is C15H21N3O3. The van der Waals surface area contributed by atoms with Crippen molar-refractivity contribution in [1.82, 2.24) is 15.5 Å². The second-order valence-electron chi connectivity index (χ2n) is 5.27. The van der Waals surface area contributed by atoms with E-state index in [1.165, 1.54) is 0 Å². The molecule has 1 amide bonds. The maximum atomic E-state index is 12.1. The average Bonchev–Trinajstić information content (AvgIpc) is 2.95. The van der Waals surface area contributed by atoms with Crippen molar-refractivity contribution in [3.8, 4) is 11.5 Å². The third kappa shape index (κ3) is 3.11. The van der Waals surface area contributed by atoms with Gasteiger partial charge in [-0.05, 0) is 24.6 Å². The van der Waals surface area contributed by atoms with Gasteiger partial charge in [0.05, 0.1) is 0 Å². The number of nitrogens with one attached hydrogen (secondary N) is 2. The van der Waals surface area contributed by atoms with E-state index in [9.17, 15) is 4.79 Å². The number of likely N-dealkylation sites (N-methyl/N-ethyl adjacent to an activating group) is 1. The number of piperazine rings is 1. The van der Waals surface area contributed by atoms with Crippen LogP contribution in [0.2, 0.25) is 0 Å².